The molecule has 0 radical (unpaired) electrons. The Morgan fingerprint density at radius 3 is 2.70 bits per heavy atom. The van der Waals surface area contributed by atoms with Crippen LogP contribution in [0.5, 0.6) is 0 Å². The molecule has 2 heterocycles. The maximum atomic E-state index is 6.00. The van der Waals surface area contributed by atoms with Crippen LogP contribution < -0.4 is 5.73 Å². The van der Waals surface area contributed by atoms with Crippen molar-refractivity contribution in [1.29, 1.82) is 0 Å². The average Bonchev–Trinajstić information content (AvgIpc) is 2.66. The SMILES string of the molecule is CC(Cn1c(C(C)(C)C)nc2cc(Cl)cnc21)C(N)=S. The van der Waals surface area contributed by atoms with E-state index in [9.17, 15) is 0 Å². The maximum absolute atomic E-state index is 6.00. The zero-order chi connectivity index (χ0) is 15.1. The second-order valence-electron chi connectivity index (χ2n) is 6.10. The number of nitrogens with zero attached hydrogens (tertiary/aromatic N) is 3. The molecule has 0 fully saturated rings. The fourth-order valence-electron chi connectivity index (χ4n) is 2.10. The fraction of sp³-hybridized carbons (Fsp3) is 0.500. The van der Waals surface area contributed by atoms with E-state index in [1.165, 1.54) is 0 Å². The molecule has 1 atom stereocenters. The van der Waals surface area contributed by atoms with Crippen LogP contribution in [0, 0.1) is 5.92 Å². The maximum Gasteiger partial charge on any atom is 0.160 e. The van der Waals surface area contributed by atoms with E-state index in [4.69, 9.17) is 29.6 Å². The second kappa shape index (κ2) is 5.30. The lowest BCUT2D eigenvalue weighted by Gasteiger charge is -2.21. The van der Waals surface area contributed by atoms with Gasteiger partial charge in [0.15, 0.2) is 5.65 Å². The highest BCUT2D eigenvalue weighted by Gasteiger charge is 2.24. The number of imidazole rings is 1. The van der Waals surface area contributed by atoms with E-state index in [1.807, 2.05) is 13.0 Å². The Kier molecular flexibility index (Phi) is 4.02. The van der Waals surface area contributed by atoms with Crippen LogP contribution >= 0.6 is 23.8 Å². The number of nitrogens with two attached hydrogens (primary N) is 1. The summed E-state index contributed by atoms with van der Waals surface area (Å²) in [7, 11) is 0. The Bertz CT molecular complexity index is 657. The minimum atomic E-state index is -0.0941. The molecule has 0 aliphatic heterocycles. The van der Waals surface area contributed by atoms with E-state index in [2.05, 4.69) is 35.3 Å². The molecule has 2 rings (SSSR count). The third kappa shape index (κ3) is 2.94. The molecule has 2 aromatic heterocycles. The Morgan fingerprint density at radius 1 is 1.50 bits per heavy atom. The summed E-state index contributed by atoms with van der Waals surface area (Å²) in [5, 5.41) is 0.588. The topological polar surface area (TPSA) is 56.7 Å². The summed E-state index contributed by atoms with van der Waals surface area (Å²) < 4.78 is 2.09. The summed E-state index contributed by atoms with van der Waals surface area (Å²) in [5.74, 6) is 1.05. The predicted molar refractivity (Wildman–Crippen MR) is 87.2 cm³/mol. The van der Waals surface area contributed by atoms with Crippen molar-refractivity contribution in [3.63, 3.8) is 0 Å². The predicted octanol–water partition coefficient (Wildman–Crippen LogP) is 3.30. The number of fused-ring (bicyclic) bond motifs is 1. The van der Waals surface area contributed by atoms with Gasteiger partial charge in [0.25, 0.3) is 0 Å². The van der Waals surface area contributed by atoms with Gasteiger partial charge >= 0.3 is 0 Å². The standard InChI is InChI=1S/C14H19ClN4S/c1-8(11(16)20)7-19-12-10(5-9(15)6-17-12)18-13(19)14(2,3)4/h5-6,8H,7H2,1-4H3,(H2,16,20). The van der Waals surface area contributed by atoms with Crippen molar-refractivity contribution >= 4 is 40.0 Å². The van der Waals surface area contributed by atoms with Crippen LogP contribution in [0.3, 0.4) is 0 Å². The first-order valence-electron chi connectivity index (χ1n) is 6.51. The van der Waals surface area contributed by atoms with Gasteiger partial charge in [0.05, 0.1) is 10.0 Å². The fourth-order valence-corrected chi connectivity index (χ4v) is 2.32. The van der Waals surface area contributed by atoms with Gasteiger partial charge in [-0.3, -0.25) is 0 Å². The van der Waals surface area contributed by atoms with Crippen molar-refractivity contribution < 1.29 is 0 Å². The molecule has 2 N–H and O–H groups in total. The molecule has 4 nitrogen and oxygen atoms in total. The normalized spacial score (nSPS) is 13.7. The highest BCUT2D eigenvalue weighted by atomic mass is 35.5. The Morgan fingerprint density at radius 2 is 2.15 bits per heavy atom. The second-order valence-corrected chi connectivity index (χ2v) is 7.00. The third-order valence-corrected chi connectivity index (χ3v) is 3.77. The van der Waals surface area contributed by atoms with Crippen molar-refractivity contribution in [2.24, 2.45) is 11.7 Å². The summed E-state index contributed by atoms with van der Waals surface area (Å²) in [6.07, 6.45) is 1.64. The first-order chi connectivity index (χ1) is 9.20. The molecule has 0 saturated carbocycles. The molecular formula is C14H19ClN4S. The Hall–Kier alpha value is -1.20. The lowest BCUT2D eigenvalue weighted by molar-refractivity contribution is 0.483. The summed E-state index contributed by atoms with van der Waals surface area (Å²) >= 11 is 11.1. The van der Waals surface area contributed by atoms with Crippen molar-refractivity contribution in [2.45, 2.75) is 39.7 Å². The largest absolute Gasteiger partial charge is 0.393 e. The number of rotatable bonds is 3. The van der Waals surface area contributed by atoms with Crippen molar-refractivity contribution in [3.8, 4) is 0 Å². The zero-order valence-electron chi connectivity index (χ0n) is 12.1. The van der Waals surface area contributed by atoms with Gasteiger partial charge < -0.3 is 10.3 Å². The van der Waals surface area contributed by atoms with Gasteiger partial charge in [-0.2, -0.15) is 0 Å². The summed E-state index contributed by atoms with van der Waals surface area (Å²) in [6.45, 7) is 9.05. The number of pyridine rings is 1. The van der Waals surface area contributed by atoms with E-state index in [0.717, 1.165) is 17.0 Å². The van der Waals surface area contributed by atoms with Crippen LogP contribution in [0.15, 0.2) is 12.3 Å². The molecular weight excluding hydrogens is 292 g/mol. The molecule has 0 aliphatic rings. The van der Waals surface area contributed by atoms with Crippen molar-refractivity contribution in [3.05, 3.63) is 23.1 Å². The van der Waals surface area contributed by atoms with Crippen molar-refractivity contribution in [1.82, 2.24) is 14.5 Å². The highest BCUT2D eigenvalue weighted by molar-refractivity contribution is 7.80. The quantitative estimate of drug-likeness (QED) is 0.884. The van der Waals surface area contributed by atoms with Crippen molar-refractivity contribution in [2.75, 3.05) is 0 Å². The summed E-state index contributed by atoms with van der Waals surface area (Å²) in [4.78, 5) is 9.60. The molecule has 0 aromatic carbocycles. The van der Waals surface area contributed by atoms with Crippen LogP contribution in [0.25, 0.3) is 11.2 Å². The Balaban J connectivity index is 2.62. The van der Waals surface area contributed by atoms with Gasteiger partial charge in [-0.1, -0.05) is 51.5 Å². The number of hydrogen-bond donors (Lipinski definition) is 1. The van der Waals surface area contributed by atoms with E-state index in [1.54, 1.807) is 6.20 Å². The monoisotopic (exact) mass is 310 g/mol. The van der Waals surface area contributed by atoms with E-state index in [0.29, 0.717) is 16.6 Å². The number of thiocarbonyl (C=S) groups is 1. The Labute approximate surface area is 129 Å². The highest BCUT2D eigenvalue weighted by Crippen LogP contribution is 2.27. The van der Waals surface area contributed by atoms with E-state index >= 15 is 0 Å². The van der Waals surface area contributed by atoms with Gasteiger partial charge in [0.1, 0.15) is 11.3 Å². The van der Waals surface area contributed by atoms with E-state index < -0.39 is 0 Å². The summed E-state index contributed by atoms with van der Waals surface area (Å²) in [5.41, 5.74) is 7.27. The van der Waals surface area contributed by atoms with Crippen LogP contribution in [0.1, 0.15) is 33.5 Å². The number of halogens is 1. The molecule has 0 saturated heterocycles. The molecule has 108 valence electrons. The molecule has 2 aromatic rings. The number of aromatic nitrogens is 3. The molecule has 0 bridgehead atoms. The first kappa shape index (κ1) is 15.2. The van der Waals surface area contributed by atoms with E-state index in [-0.39, 0.29) is 11.3 Å². The third-order valence-electron chi connectivity index (χ3n) is 3.16. The minimum Gasteiger partial charge on any atom is -0.393 e. The van der Waals surface area contributed by atoms with Crippen LogP contribution in [-0.2, 0) is 12.0 Å². The van der Waals surface area contributed by atoms with Gasteiger partial charge in [-0.05, 0) is 6.07 Å². The van der Waals surface area contributed by atoms with Gasteiger partial charge in [0.2, 0.25) is 0 Å². The molecule has 20 heavy (non-hydrogen) atoms. The van der Waals surface area contributed by atoms with Gasteiger partial charge in [0, 0.05) is 24.1 Å². The molecule has 0 amide bonds. The molecule has 0 aliphatic carbocycles. The first-order valence-corrected chi connectivity index (χ1v) is 7.30. The molecule has 0 spiro atoms. The van der Waals surface area contributed by atoms with Gasteiger partial charge in [-0.15, -0.1) is 0 Å². The molecule has 1 unspecified atom stereocenters. The molecule has 6 heteroatoms. The zero-order valence-corrected chi connectivity index (χ0v) is 13.7. The lowest BCUT2D eigenvalue weighted by atomic mass is 9.95. The van der Waals surface area contributed by atoms with Gasteiger partial charge in [-0.25, -0.2) is 9.97 Å². The van der Waals surface area contributed by atoms with Crippen LogP contribution in [0.4, 0.5) is 0 Å². The number of hydrogen-bond acceptors (Lipinski definition) is 3. The smallest absolute Gasteiger partial charge is 0.160 e. The average molecular weight is 311 g/mol. The van der Waals surface area contributed by atoms with Crippen LogP contribution in [-0.4, -0.2) is 19.5 Å². The lowest BCUT2D eigenvalue weighted by Crippen LogP contribution is -2.26. The summed E-state index contributed by atoms with van der Waals surface area (Å²) in [6, 6.07) is 1.83. The minimum absolute atomic E-state index is 0.0842. The van der Waals surface area contributed by atoms with Crippen LogP contribution in [0.2, 0.25) is 5.02 Å².